The molecular formula is C22H31N4S+. The Morgan fingerprint density at radius 2 is 1.85 bits per heavy atom. The standard InChI is InChI=1S/C22H30N4S/c1-5-26-20-10-7-6-9-18(20)19-15-17(11-12-21(19)26)16-25(4)22(27)23-13-8-14-24(2)3/h6-7,9-12,15H,5,8,13-14,16H2,1-4H3,(H,23,27)/p+1. The van der Waals surface area contributed by atoms with Crippen molar-refractivity contribution in [3.05, 3.63) is 48.0 Å². The highest BCUT2D eigenvalue weighted by molar-refractivity contribution is 7.80. The molecule has 0 aliphatic carbocycles. The van der Waals surface area contributed by atoms with Crippen molar-refractivity contribution >= 4 is 39.1 Å². The van der Waals surface area contributed by atoms with Crippen LogP contribution in [0.25, 0.3) is 21.8 Å². The fourth-order valence-corrected chi connectivity index (χ4v) is 3.82. The average molecular weight is 384 g/mol. The SMILES string of the molecule is CCn1c2ccccc2c2cc(CN(C)C(=S)NCCC[NH+](C)C)ccc21. The number of para-hydroxylation sites is 1. The molecule has 0 saturated heterocycles. The third kappa shape index (κ3) is 4.42. The summed E-state index contributed by atoms with van der Waals surface area (Å²) in [6.45, 7) is 6.07. The molecule has 5 heteroatoms. The Balaban J connectivity index is 1.74. The lowest BCUT2D eigenvalue weighted by Gasteiger charge is -2.21. The maximum Gasteiger partial charge on any atom is 0.168 e. The summed E-state index contributed by atoms with van der Waals surface area (Å²) in [5.41, 5.74) is 3.89. The summed E-state index contributed by atoms with van der Waals surface area (Å²) in [6.07, 6.45) is 1.12. The van der Waals surface area contributed by atoms with E-state index in [2.05, 4.69) is 85.3 Å². The number of hydrogen-bond acceptors (Lipinski definition) is 1. The number of quaternary nitrogens is 1. The molecule has 1 aromatic heterocycles. The first-order valence-electron chi connectivity index (χ1n) is 9.79. The van der Waals surface area contributed by atoms with E-state index < -0.39 is 0 Å². The number of aromatic nitrogens is 1. The Morgan fingerprint density at radius 3 is 2.59 bits per heavy atom. The first-order valence-corrected chi connectivity index (χ1v) is 10.2. The van der Waals surface area contributed by atoms with E-state index >= 15 is 0 Å². The number of aryl methyl sites for hydroxylation is 1. The normalized spacial score (nSPS) is 11.4. The van der Waals surface area contributed by atoms with Gasteiger partial charge in [0.2, 0.25) is 0 Å². The monoisotopic (exact) mass is 383 g/mol. The van der Waals surface area contributed by atoms with E-state index in [-0.39, 0.29) is 0 Å². The van der Waals surface area contributed by atoms with Crippen molar-refractivity contribution in [2.75, 3.05) is 34.2 Å². The molecule has 0 bridgehead atoms. The van der Waals surface area contributed by atoms with Gasteiger partial charge in [-0.3, -0.25) is 0 Å². The van der Waals surface area contributed by atoms with E-state index in [4.69, 9.17) is 12.2 Å². The van der Waals surface area contributed by atoms with E-state index in [1.54, 1.807) is 0 Å². The van der Waals surface area contributed by atoms with Crippen molar-refractivity contribution in [1.82, 2.24) is 14.8 Å². The molecule has 144 valence electrons. The van der Waals surface area contributed by atoms with E-state index in [0.29, 0.717) is 0 Å². The molecule has 0 aliphatic heterocycles. The average Bonchev–Trinajstić information content (AvgIpc) is 2.98. The second kappa shape index (κ2) is 8.72. The Kier molecular flexibility index (Phi) is 6.34. The Hall–Kier alpha value is -2.11. The zero-order chi connectivity index (χ0) is 19.4. The lowest BCUT2D eigenvalue weighted by Crippen LogP contribution is -3.05. The lowest BCUT2D eigenvalue weighted by molar-refractivity contribution is -0.858. The van der Waals surface area contributed by atoms with Gasteiger partial charge in [0.25, 0.3) is 0 Å². The van der Waals surface area contributed by atoms with Gasteiger partial charge in [0, 0.05) is 54.9 Å². The first kappa shape index (κ1) is 19.6. The van der Waals surface area contributed by atoms with Gasteiger partial charge in [-0.25, -0.2) is 0 Å². The summed E-state index contributed by atoms with van der Waals surface area (Å²) in [6, 6.07) is 15.5. The van der Waals surface area contributed by atoms with Crippen LogP contribution >= 0.6 is 12.2 Å². The molecule has 0 atom stereocenters. The predicted octanol–water partition coefficient (Wildman–Crippen LogP) is 2.66. The van der Waals surface area contributed by atoms with Crippen LogP contribution in [0.3, 0.4) is 0 Å². The highest BCUT2D eigenvalue weighted by Gasteiger charge is 2.11. The quantitative estimate of drug-likeness (QED) is 0.485. The molecule has 0 aliphatic rings. The summed E-state index contributed by atoms with van der Waals surface area (Å²) >= 11 is 5.55. The van der Waals surface area contributed by atoms with E-state index in [1.807, 2.05) is 0 Å². The largest absolute Gasteiger partial charge is 0.362 e. The van der Waals surface area contributed by atoms with Gasteiger partial charge in [-0.1, -0.05) is 24.3 Å². The van der Waals surface area contributed by atoms with Crippen LogP contribution in [0.15, 0.2) is 42.5 Å². The first-order chi connectivity index (χ1) is 13.0. The summed E-state index contributed by atoms with van der Waals surface area (Å²) in [4.78, 5) is 3.59. The minimum Gasteiger partial charge on any atom is -0.362 e. The molecule has 0 saturated carbocycles. The smallest absolute Gasteiger partial charge is 0.168 e. The summed E-state index contributed by atoms with van der Waals surface area (Å²) < 4.78 is 2.39. The van der Waals surface area contributed by atoms with Crippen LogP contribution in [-0.2, 0) is 13.1 Å². The van der Waals surface area contributed by atoms with Crippen molar-refractivity contribution in [3.8, 4) is 0 Å². The number of benzene rings is 2. The van der Waals surface area contributed by atoms with Gasteiger partial charge in [-0.05, 0) is 42.9 Å². The van der Waals surface area contributed by atoms with Gasteiger partial charge >= 0.3 is 0 Å². The fourth-order valence-electron chi connectivity index (χ4n) is 3.66. The molecule has 2 aromatic carbocycles. The van der Waals surface area contributed by atoms with Gasteiger partial charge in [0.15, 0.2) is 5.11 Å². The maximum absolute atomic E-state index is 5.55. The van der Waals surface area contributed by atoms with Gasteiger partial charge < -0.3 is 19.7 Å². The van der Waals surface area contributed by atoms with E-state index in [0.717, 1.165) is 37.7 Å². The summed E-state index contributed by atoms with van der Waals surface area (Å²) in [7, 11) is 6.41. The minimum absolute atomic E-state index is 0.812. The molecule has 3 rings (SSSR count). The fraction of sp³-hybridized carbons (Fsp3) is 0.409. The molecule has 0 radical (unpaired) electrons. The number of thiocarbonyl (C=S) groups is 1. The van der Waals surface area contributed by atoms with Gasteiger partial charge in [-0.15, -0.1) is 0 Å². The molecule has 4 nitrogen and oxygen atoms in total. The second-order valence-corrected chi connectivity index (χ2v) is 7.90. The Bertz CT molecular complexity index is 929. The van der Waals surface area contributed by atoms with Crippen LogP contribution in [0.2, 0.25) is 0 Å². The minimum atomic E-state index is 0.812. The van der Waals surface area contributed by atoms with Crippen LogP contribution in [0.1, 0.15) is 18.9 Å². The third-order valence-electron chi connectivity index (χ3n) is 5.05. The van der Waals surface area contributed by atoms with Crippen molar-refractivity contribution < 1.29 is 4.90 Å². The summed E-state index contributed by atoms with van der Waals surface area (Å²) in [5, 5.41) is 6.85. The topological polar surface area (TPSA) is 24.6 Å². The third-order valence-corrected chi connectivity index (χ3v) is 5.51. The maximum atomic E-state index is 5.55. The number of hydrogen-bond donors (Lipinski definition) is 2. The Labute approximate surface area is 167 Å². The molecule has 27 heavy (non-hydrogen) atoms. The van der Waals surface area contributed by atoms with Crippen LogP contribution in [0.5, 0.6) is 0 Å². The van der Waals surface area contributed by atoms with Crippen molar-refractivity contribution in [2.24, 2.45) is 0 Å². The van der Waals surface area contributed by atoms with Crippen LogP contribution in [-0.4, -0.2) is 48.8 Å². The molecule has 0 fully saturated rings. The van der Waals surface area contributed by atoms with Crippen molar-refractivity contribution in [2.45, 2.75) is 26.4 Å². The molecule has 0 amide bonds. The molecule has 1 heterocycles. The second-order valence-electron chi connectivity index (χ2n) is 7.51. The van der Waals surface area contributed by atoms with Crippen molar-refractivity contribution in [3.63, 3.8) is 0 Å². The lowest BCUT2D eigenvalue weighted by atomic mass is 10.1. The van der Waals surface area contributed by atoms with E-state index in [9.17, 15) is 0 Å². The zero-order valence-corrected chi connectivity index (χ0v) is 17.7. The molecule has 0 unspecified atom stereocenters. The van der Waals surface area contributed by atoms with Gasteiger partial charge in [-0.2, -0.15) is 0 Å². The number of nitrogens with one attached hydrogen (secondary N) is 2. The van der Waals surface area contributed by atoms with Gasteiger partial charge in [0.1, 0.15) is 0 Å². The zero-order valence-electron chi connectivity index (χ0n) is 16.9. The van der Waals surface area contributed by atoms with Crippen LogP contribution < -0.4 is 10.2 Å². The molecular weight excluding hydrogens is 352 g/mol. The van der Waals surface area contributed by atoms with Crippen molar-refractivity contribution in [1.29, 1.82) is 0 Å². The Morgan fingerprint density at radius 1 is 1.11 bits per heavy atom. The van der Waals surface area contributed by atoms with Crippen LogP contribution in [0.4, 0.5) is 0 Å². The highest BCUT2D eigenvalue weighted by Crippen LogP contribution is 2.29. The number of fused-ring (bicyclic) bond motifs is 3. The number of rotatable bonds is 7. The molecule has 2 N–H and O–H groups in total. The molecule has 0 spiro atoms. The highest BCUT2D eigenvalue weighted by atomic mass is 32.1. The van der Waals surface area contributed by atoms with Gasteiger partial charge in [0.05, 0.1) is 20.6 Å². The summed E-state index contributed by atoms with van der Waals surface area (Å²) in [5.74, 6) is 0. The predicted molar refractivity (Wildman–Crippen MR) is 119 cm³/mol. The number of nitrogens with zero attached hydrogens (tertiary/aromatic N) is 2. The van der Waals surface area contributed by atoms with E-state index in [1.165, 1.54) is 32.3 Å². The van der Waals surface area contributed by atoms with Crippen LogP contribution in [0, 0.1) is 0 Å². The molecule has 3 aromatic rings.